The molecule has 1 aliphatic rings. The summed E-state index contributed by atoms with van der Waals surface area (Å²) >= 11 is 3.36. The van der Waals surface area contributed by atoms with Gasteiger partial charge in [0.15, 0.2) is 5.78 Å². The van der Waals surface area contributed by atoms with Gasteiger partial charge in [-0.3, -0.25) is 9.78 Å². The molecule has 0 N–H and O–H groups in total. The summed E-state index contributed by atoms with van der Waals surface area (Å²) in [6.07, 6.45) is -2.81. The van der Waals surface area contributed by atoms with Crippen molar-refractivity contribution >= 4 is 21.7 Å². The molecule has 1 unspecified atom stereocenters. The minimum absolute atomic E-state index is 0.0386. The summed E-state index contributed by atoms with van der Waals surface area (Å²) in [4.78, 5) is 16.4. The van der Waals surface area contributed by atoms with Crippen molar-refractivity contribution in [2.75, 3.05) is 7.11 Å². The topological polar surface area (TPSA) is 39.2 Å². The number of hydrogen-bond donors (Lipinski definition) is 0. The number of methoxy groups -OCH3 is 1. The van der Waals surface area contributed by atoms with E-state index in [1.165, 1.54) is 19.4 Å². The maximum Gasteiger partial charge on any atom is 0.418 e. The molecule has 0 saturated carbocycles. The average Bonchev–Trinajstić information content (AvgIpc) is 2.81. The van der Waals surface area contributed by atoms with E-state index in [0.717, 1.165) is 11.6 Å². The smallest absolute Gasteiger partial charge is 0.418 e. The Bertz CT molecular complexity index is 805. The minimum Gasteiger partial charge on any atom is -0.496 e. The predicted molar refractivity (Wildman–Crippen MR) is 85.2 cm³/mol. The number of ether oxygens (including phenoxy) is 1. The van der Waals surface area contributed by atoms with Crippen LogP contribution in [-0.2, 0) is 19.0 Å². The van der Waals surface area contributed by atoms with Crippen molar-refractivity contribution in [3.63, 3.8) is 0 Å². The standard InChI is InChI=1S/C17H13BrF3NO2/c1-24-15-8-11-9(6-13(15)18)5-10(16(11)23)7-14-12(17(19,20)21)3-2-4-22-14/h2-4,6,8,10H,5,7H2,1H3. The Hall–Kier alpha value is -1.89. The van der Waals surface area contributed by atoms with Crippen LogP contribution in [0.15, 0.2) is 34.9 Å². The van der Waals surface area contributed by atoms with E-state index in [9.17, 15) is 18.0 Å². The lowest BCUT2D eigenvalue weighted by Gasteiger charge is -2.13. The molecule has 3 nitrogen and oxygen atoms in total. The van der Waals surface area contributed by atoms with E-state index in [0.29, 0.717) is 22.2 Å². The maximum atomic E-state index is 13.1. The van der Waals surface area contributed by atoms with E-state index in [1.807, 2.05) is 0 Å². The lowest BCUT2D eigenvalue weighted by Crippen LogP contribution is -2.17. The van der Waals surface area contributed by atoms with Gasteiger partial charge in [-0.2, -0.15) is 13.2 Å². The molecule has 2 aromatic rings. The quantitative estimate of drug-likeness (QED) is 0.764. The van der Waals surface area contributed by atoms with Crippen molar-refractivity contribution in [1.82, 2.24) is 4.98 Å². The molecule has 24 heavy (non-hydrogen) atoms. The number of halogens is 4. The molecule has 1 aromatic heterocycles. The highest BCUT2D eigenvalue weighted by atomic mass is 79.9. The van der Waals surface area contributed by atoms with E-state index < -0.39 is 17.7 Å². The Balaban J connectivity index is 1.90. The van der Waals surface area contributed by atoms with Gasteiger partial charge in [0.05, 0.1) is 22.8 Å². The van der Waals surface area contributed by atoms with Gasteiger partial charge in [-0.15, -0.1) is 0 Å². The summed E-state index contributed by atoms with van der Waals surface area (Å²) in [5, 5.41) is 0. The molecule has 0 spiro atoms. The number of fused-ring (bicyclic) bond motifs is 1. The summed E-state index contributed by atoms with van der Waals surface area (Å²) in [5.41, 5.74) is 0.432. The molecule has 3 rings (SSSR count). The Morgan fingerprint density at radius 3 is 2.79 bits per heavy atom. The fourth-order valence-corrected chi connectivity index (χ4v) is 3.54. The van der Waals surface area contributed by atoms with E-state index in [2.05, 4.69) is 20.9 Å². The molecule has 0 bridgehead atoms. The number of Topliss-reactive ketones (excluding diaryl/α,β-unsaturated/α-hetero) is 1. The predicted octanol–water partition coefficient (Wildman–Crippen LogP) is 4.47. The van der Waals surface area contributed by atoms with Crippen LogP contribution in [0.5, 0.6) is 5.75 Å². The number of ketones is 1. The van der Waals surface area contributed by atoms with Crippen LogP contribution < -0.4 is 4.74 Å². The van der Waals surface area contributed by atoms with Crippen molar-refractivity contribution in [3.8, 4) is 5.75 Å². The van der Waals surface area contributed by atoms with Crippen molar-refractivity contribution in [3.05, 3.63) is 57.3 Å². The van der Waals surface area contributed by atoms with Crippen LogP contribution >= 0.6 is 15.9 Å². The second kappa shape index (κ2) is 6.20. The number of nitrogens with zero attached hydrogens (tertiary/aromatic N) is 1. The highest BCUT2D eigenvalue weighted by Crippen LogP contribution is 2.38. The van der Waals surface area contributed by atoms with Crippen molar-refractivity contribution in [2.45, 2.75) is 19.0 Å². The summed E-state index contributed by atoms with van der Waals surface area (Å²) in [6.45, 7) is 0. The zero-order valence-corrected chi connectivity index (χ0v) is 14.2. The maximum absolute atomic E-state index is 13.1. The SMILES string of the molecule is COc1cc2c(cc1Br)CC(Cc1ncccc1C(F)(F)F)C2=O. The van der Waals surface area contributed by atoms with Crippen LogP contribution in [0.25, 0.3) is 0 Å². The number of carbonyl (C=O) groups excluding carboxylic acids is 1. The summed E-state index contributed by atoms with van der Waals surface area (Å²) in [7, 11) is 1.49. The number of hydrogen-bond acceptors (Lipinski definition) is 3. The third-order valence-corrected chi connectivity index (χ3v) is 4.74. The van der Waals surface area contributed by atoms with Crippen LogP contribution in [0.3, 0.4) is 0 Å². The number of benzene rings is 1. The summed E-state index contributed by atoms with van der Waals surface area (Å²) < 4.78 is 45.1. The molecule has 1 aliphatic carbocycles. The largest absolute Gasteiger partial charge is 0.496 e. The van der Waals surface area contributed by atoms with Gasteiger partial charge in [-0.1, -0.05) is 0 Å². The lowest BCUT2D eigenvalue weighted by atomic mass is 9.96. The molecule has 126 valence electrons. The van der Waals surface area contributed by atoms with Gasteiger partial charge in [0.1, 0.15) is 5.75 Å². The third-order valence-electron chi connectivity index (χ3n) is 4.12. The van der Waals surface area contributed by atoms with Gasteiger partial charge in [-0.05, 0) is 52.2 Å². The third kappa shape index (κ3) is 3.05. The number of carbonyl (C=O) groups is 1. The van der Waals surface area contributed by atoms with E-state index in [4.69, 9.17) is 4.74 Å². The van der Waals surface area contributed by atoms with Crippen molar-refractivity contribution in [2.24, 2.45) is 5.92 Å². The van der Waals surface area contributed by atoms with Gasteiger partial charge >= 0.3 is 6.18 Å². The number of pyridine rings is 1. The molecule has 0 radical (unpaired) electrons. The van der Waals surface area contributed by atoms with Crippen molar-refractivity contribution in [1.29, 1.82) is 0 Å². The van der Waals surface area contributed by atoms with Gasteiger partial charge in [-0.25, -0.2) is 0 Å². The highest BCUT2D eigenvalue weighted by molar-refractivity contribution is 9.10. The molecule has 0 fully saturated rings. The molecule has 1 aromatic carbocycles. The fourth-order valence-electron chi connectivity index (χ4n) is 2.98. The van der Waals surface area contributed by atoms with Crippen LogP contribution in [0.2, 0.25) is 0 Å². The van der Waals surface area contributed by atoms with Crippen molar-refractivity contribution < 1.29 is 22.7 Å². The van der Waals surface area contributed by atoms with E-state index in [-0.39, 0.29) is 17.9 Å². The summed E-state index contributed by atoms with van der Waals surface area (Å²) in [5.74, 6) is -0.193. The van der Waals surface area contributed by atoms with Crippen LogP contribution in [-0.4, -0.2) is 17.9 Å². The molecule has 0 aliphatic heterocycles. The van der Waals surface area contributed by atoms with Crippen LogP contribution in [0.4, 0.5) is 13.2 Å². The normalized spacial score (nSPS) is 17.0. The minimum atomic E-state index is -4.48. The van der Waals surface area contributed by atoms with E-state index >= 15 is 0 Å². The lowest BCUT2D eigenvalue weighted by molar-refractivity contribution is -0.138. The van der Waals surface area contributed by atoms with Gasteiger partial charge in [0.25, 0.3) is 0 Å². The average molecular weight is 400 g/mol. The molecule has 0 saturated heterocycles. The number of alkyl halides is 3. The first kappa shape index (κ1) is 17.0. The Morgan fingerprint density at radius 2 is 2.12 bits per heavy atom. The number of rotatable bonds is 3. The summed E-state index contributed by atoms with van der Waals surface area (Å²) in [6, 6.07) is 5.66. The second-order valence-electron chi connectivity index (χ2n) is 5.61. The van der Waals surface area contributed by atoms with Gasteiger partial charge in [0.2, 0.25) is 0 Å². The highest BCUT2D eigenvalue weighted by Gasteiger charge is 2.37. The zero-order valence-electron chi connectivity index (χ0n) is 12.7. The van der Waals surface area contributed by atoms with Gasteiger partial charge < -0.3 is 4.74 Å². The zero-order chi connectivity index (χ0) is 17.5. The molecule has 1 atom stereocenters. The van der Waals surface area contributed by atoms with Crippen LogP contribution in [0, 0.1) is 5.92 Å². The number of aromatic nitrogens is 1. The van der Waals surface area contributed by atoms with Crippen LogP contribution in [0.1, 0.15) is 27.2 Å². The molecular formula is C17H13BrF3NO2. The molecule has 1 heterocycles. The molecular weight excluding hydrogens is 387 g/mol. The second-order valence-corrected chi connectivity index (χ2v) is 6.46. The Kier molecular flexibility index (Phi) is 4.38. The Labute approximate surface area is 145 Å². The first-order valence-electron chi connectivity index (χ1n) is 7.23. The molecule has 0 amide bonds. The monoisotopic (exact) mass is 399 g/mol. The first-order chi connectivity index (χ1) is 11.3. The molecule has 7 heteroatoms. The first-order valence-corrected chi connectivity index (χ1v) is 8.02. The van der Waals surface area contributed by atoms with E-state index in [1.54, 1.807) is 12.1 Å². The van der Waals surface area contributed by atoms with Gasteiger partial charge in [0, 0.05) is 24.1 Å². The Morgan fingerprint density at radius 1 is 1.38 bits per heavy atom. The fraction of sp³-hybridized carbons (Fsp3) is 0.294.